The molecule has 0 aromatic carbocycles. The molecule has 1 fully saturated rings. The summed E-state index contributed by atoms with van der Waals surface area (Å²) in [5.41, 5.74) is 6.63. The summed E-state index contributed by atoms with van der Waals surface area (Å²) in [4.78, 5) is 18.6. The van der Waals surface area contributed by atoms with Crippen molar-refractivity contribution >= 4 is 5.91 Å². The van der Waals surface area contributed by atoms with E-state index in [0.29, 0.717) is 0 Å². The van der Waals surface area contributed by atoms with Crippen LogP contribution in [-0.4, -0.2) is 53.4 Å². The lowest BCUT2D eigenvalue weighted by Crippen LogP contribution is -2.49. The first kappa shape index (κ1) is 11.2. The van der Waals surface area contributed by atoms with Gasteiger partial charge in [0.05, 0.1) is 6.54 Å². The average Bonchev–Trinajstić information content (AvgIpc) is 2.82. The number of nitrogens with zero attached hydrogens (tertiary/aromatic N) is 2. The summed E-state index contributed by atoms with van der Waals surface area (Å²) < 4.78 is 0. The van der Waals surface area contributed by atoms with E-state index >= 15 is 0 Å². The Hall–Kier alpha value is -1.33. The topological polar surface area (TPSA) is 65.4 Å². The highest BCUT2D eigenvalue weighted by Crippen LogP contribution is 2.07. The zero-order chi connectivity index (χ0) is 11.4. The van der Waals surface area contributed by atoms with Crippen LogP contribution >= 0.6 is 0 Å². The molecule has 2 heterocycles. The van der Waals surface area contributed by atoms with Crippen LogP contribution in [0.5, 0.6) is 0 Å². The third-order valence-corrected chi connectivity index (χ3v) is 2.97. The van der Waals surface area contributed by atoms with Gasteiger partial charge in [-0.3, -0.25) is 9.69 Å². The monoisotopic (exact) mass is 222 g/mol. The van der Waals surface area contributed by atoms with E-state index in [4.69, 9.17) is 5.73 Å². The number of H-pyrrole nitrogens is 1. The van der Waals surface area contributed by atoms with Gasteiger partial charge in [0.25, 0.3) is 0 Å². The van der Waals surface area contributed by atoms with Crippen molar-refractivity contribution in [3.8, 4) is 0 Å². The minimum atomic E-state index is 0.0568. The largest absolute Gasteiger partial charge is 0.367 e. The van der Waals surface area contributed by atoms with Crippen LogP contribution < -0.4 is 5.73 Å². The Kier molecular flexibility index (Phi) is 3.58. The van der Waals surface area contributed by atoms with Gasteiger partial charge in [0.1, 0.15) is 0 Å². The second-order valence-electron chi connectivity index (χ2n) is 4.08. The molecule has 5 nitrogen and oxygen atoms in total. The molecule has 1 aromatic heterocycles. The smallest absolute Gasteiger partial charge is 0.236 e. The van der Waals surface area contributed by atoms with E-state index in [2.05, 4.69) is 16.0 Å². The highest BCUT2D eigenvalue weighted by atomic mass is 16.2. The molecule has 1 amide bonds. The van der Waals surface area contributed by atoms with E-state index in [-0.39, 0.29) is 12.5 Å². The van der Waals surface area contributed by atoms with E-state index in [1.807, 2.05) is 17.3 Å². The molecule has 1 saturated heterocycles. The Balaban J connectivity index is 1.79. The van der Waals surface area contributed by atoms with Crippen LogP contribution in [0.4, 0.5) is 0 Å². The number of carbonyl (C=O) groups excluding carboxylic acids is 1. The number of rotatable bonds is 3. The van der Waals surface area contributed by atoms with Crippen molar-refractivity contribution in [2.75, 3.05) is 32.7 Å². The normalized spacial score (nSPS) is 17.7. The molecule has 1 aromatic rings. The van der Waals surface area contributed by atoms with Crippen molar-refractivity contribution in [1.82, 2.24) is 14.8 Å². The maximum atomic E-state index is 11.4. The van der Waals surface area contributed by atoms with Gasteiger partial charge in [-0.15, -0.1) is 0 Å². The molecule has 2 rings (SSSR count). The number of hydrogen-bond acceptors (Lipinski definition) is 3. The molecule has 5 heteroatoms. The zero-order valence-corrected chi connectivity index (χ0v) is 9.35. The first-order valence-electron chi connectivity index (χ1n) is 5.61. The van der Waals surface area contributed by atoms with Gasteiger partial charge in [-0.1, -0.05) is 0 Å². The Bertz CT molecular complexity index is 328. The molecule has 0 atom stereocenters. The van der Waals surface area contributed by atoms with Crippen LogP contribution in [0, 0.1) is 0 Å². The predicted octanol–water partition coefficient (Wildman–Crippen LogP) is -0.382. The molecular weight excluding hydrogens is 204 g/mol. The van der Waals surface area contributed by atoms with E-state index in [9.17, 15) is 4.79 Å². The summed E-state index contributed by atoms with van der Waals surface area (Å²) in [7, 11) is 0. The summed E-state index contributed by atoms with van der Waals surface area (Å²) in [5, 5.41) is 0. The Labute approximate surface area is 95.2 Å². The standard InChI is InChI=1S/C11H18N4O/c12-7-11(16)15-5-3-14(4-6-15)9-10-1-2-13-8-10/h1-2,8,13H,3-7,9,12H2. The SMILES string of the molecule is NCC(=O)N1CCN(Cc2cc[nH]c2)CC1. The number of nitrogens with one attached hydrogen (secondary N) is 1. The number of aromatic amines is 1. The summed E-state index contributed by atoms with van der Waals surface area (Å²) in [6.07, 6.45) is 3.95. The Morgan fingerprint density at radius 3 is 2.69 bits per heavy atom. The van der Waals surface area contributed by atoms with E-state index < -0.39 is 0 Å². The molecule has 88 valence electrons. The Morgan fingerprint density at radius 1 is 1.38 bits per heavy atom. The molecule has 0 spiro atoms. The highest BCUT2D eigenvalue weighted by Gasteiger charge is 2.19. The maximum absolute atomic E-state index is 11.4. The highest BCUT2D eigenvalue weighted by molar-refractivity contribution is 5.78. The summed E-state index contributed by atoms with van der Waals surface area (Å²) in [6.45, 7) is 4.51. The average molecular weight is 222 g/mol. The minimum Gasteiger partial charge on any atom is -0.367 e. The van der Waals surface area contributed by atoms with Crippen molar-refractivity contribution in [3.63, 3.8) is 0 Å². The fourth-order valence-corrected chi connectivity index (χ4v) is 2.00. The van der Waals surface area contributed by atoms with Crippen LogP contribution in [0.3, 0.4) is 0 Å². The molecule has 0 unspecified atom stereocenters. The lowest BCUT2D eigenvalue weighted by molar-refractivity contribution is -0.131. The number of amides is 1. The fraction of sp³-hybridized carbons (Fsp3) is 0.545. The van der Waals surface area contributed by atoms with Gasteiger partial charge >= 0.3 is 0 Å². The van der Waals surface area contributed by atoms with Gasteiger partial charge < -0.3 is 15.6 Å². The molecule has 0 aliphatic carbocycles. The molecule has 3 N–H and O–H groups in total. The Morgan fingerprint density at radius 2 is 2.12 bits per heavy atom. The van der Waals surface area contributed by atoms with Crippen LogP contribution in [0.2, 0.25) is 0 Å². The third-order valence-electron chi connectivity index (χ3n) is 2.97. The van der Waals surface area contributed by atoms with Gasteiger partial charge in [0, 0.05) is 45.1 Å². The summed E-state index contributed by atoms with van der Waals surface area (Å²) >= 11 is 0. The molecule has 0 radical (unpaired) electrons. The number of piperazine rings is 1. The van der Waals surface area contributed by atoms with E-state index in [1.54, 1.807) is 0 Å². The van der Waals surface area contributed by atoms with Gasteiger partial charge in [-0.05, 0) is 11.6 Å². The maximum Gasteiger partial charge on any atom is 0.236 e. The zero-order valence-electron chi connectivity index (χ0n) is 9.35. The van der Waals surface area contributed by atoms with Crippen LogP contribution in [0.25, 0.3) is 0 Å². The van der Waals surface area contributed by atoms with Crippen molar-refractivity contribution in [2.45, 2.75) is 6.54 Å². The number of nitrogens with two attached hydrogens (primary N) is 1. The molecule has 1 aliphatic rings. The lowest BCUT2D eigenvalue weighted by atomic mass is 10.2. The molecule has 1 aliphatic heterocycles. The van der Waals surface area contributed by atoms with Crippen molar-refractivity contribution in [2.24, 2.45) is 5.73 Å². The van der Waals surface area contributed by atoms with Crippen LogP contribution in [0.1, 0.15) is 5.56 Å². The second-order valence-corrected chi connectivity index (χ2v) is 4.08. The molecular formula is C11H18N4O. The van der Waals surface area contributed by atoms with Crippen LogP contribution in [0.15, 0.2) is 18.5 Å². The lowest BCUT2D eigenvalue weighted by Gasteiger charge is -2.34. The molecule has 0 saturated carbocycles. The van der Waals surface area contributed by atoms with Crippen molar-refractivity contribution in [3.05, 3.63) is 24.0 Å². The first-order valence-corrected chi connectivity index (χ1v) is 5.61. The summed E-state index contributed by atoms with van der Waals surface area (Å²) in [5.74, 6) is 0.0568. The predicted molar refractivity (Wildman–Crippen MR) is 61.7 cm³/mol. The molecule has 0 bridgehead atoms. The quantitative estimate of drug-likeness (QED) is 0.732. The van der Waals surface area contributed by atoms with Crippen LogP contribution in [-0.2, 0) is 11.3 Å². The van der Waals surface area contributed by atoms with Gasteiger partial charge in [-0.25, -0.2) is 0 Å². The van der Waals surface area contributed by atoms with E-state index in [1.165, 1.54) is 5.56 Å². The number of hydrogen-bond donors (Lipinski definition) is 2. The fourth-order valence-electron chi connectivity index (χ4n) is 2.00. The van der Waals surface area contributed by atoms with Gasteiger partial charge in [-0.2, -0.15) is 0 Å². The molecule has 16 heavy (non-hydrogen) atoms. The minimum absolute atomic E-state index is 0.0568. The van der Waals surface area contributed by atoms with E-state index in [0.717, 1.165) is 32.7 Å². The van der Waals surface area contributed by atoms with Gasteiger partial charge in [0.2, 0.25) is 5.91 Å². The third kappa shape index (κ3) is 2.62. The van der Waals surface area contributed by atoms with Crippen molar-refractivity contribution in [1.29, 1.82) is 0 Å². The second kappa shape index (κ2) is 5.14. The number of aromatic nitrogens is 1. The summed E-state index contributed by atoms with van der Waals surface area (Å²) in [6, 6.07) is 2.08. The number of carbonyl (C=O) groups is 1. The van der Waals surface area contributed by atoms with Crippen molar-refractivity contribution < 1.29 is 4.79 Å². The first-order chi connectivity index (χ1) is 7.79. The van der Waals surface area contributed by atoms with Gasteiger partial charge in [0.15, 0.2) is 0 Å².